The highest BCUT2D eigenvalue weighted by Crippen LogP contribution is 2.19. The molecule has 116 valence electrons. The number of benzene rings is 1. The van der Waals surface area contributed by atoms with Crippen LogP contribution in [0, 0.1) is 10.1 Å². The van der Waals surface area contributed by atoms with E-state index in [2.05, 4.69) is 18.7 Å². The fourth-order valence-corrected chi connectivity index (χ4v) is 1.91. The van der Waals surface area contributed by atoms with Crippen LogP contribution >= 0.6 is 12.4 Å². The number of rotatable bonds is 4. The average Bonchev–Trinajstić information content (AvgIpc) is 2.46. The first-order valence-corrected chi connectivity index (χ1v) is 6.53. The zero-order chi connectivity index (χ0) is 14.5. The topological polar surface area (TPSA) is 64.8 Å². The fraction of sp³-hybridized carbons (Fsp3) is 0.429. The number of hydrogen-bond acceptors (Lipinski definition) is 5. The van der Waals surface area contributed by atoms with E-state index in [0.29, 0.717) is 24.9 Å². The highest BCUT2D eigenvalue weighted by molar-refractivity contribution is 5.85. The van der Waals surface area contributed by atoms with Crippen molar-refractivity contribution in [3.8, 4) is 5.75 Å². The largest absolute Gasteiger partial charge is 0.492 e. The summed E-state index contributed by atoms with van der Waals surface area (Å²) in [7, 11) is 0. The maximum absolute atomic E-state index is 10.5. The van der Waals surface area contributed by atoms with Crippen molar-refractivity contribution >= 4 is 18.1 Å². The number of nitro groups is 1. The lowest BCUT2D eigenvalue weighted by atomic mass is 10.3. The first-order valence-electron chi connectivity index (χ1n) is 6.53. The molecule has 0 saturated carbocycles. The summed E-state index contributed by atoms with van der Waals surface area (Å²) in [4.78, 5) is 12.4. The van der Waals surface area contributed by atoms with Crippen molar-refractivity contribution in [1.29, 1.82) is 0 Å². The van der Waals surface area contributed by atoms with Crippen molar-refractivity contribution in [3.63, 3.8) is 0 Å². The molecule has 1 aliphatic rings. The molecular formula is C14H19ClN2O4. The summed E-state index contributed by atoms with van der Waals surface area (Å²) in [5.74, 6) is 1.32. The molecule has 21 heavy (non-hydrogen) atoms. The van der Waals surface area contributed by atoms with E-state index in [9.17, 15) is 10.1 Å². The van der Waals surface area contributed by atoms with Gasteiger partial charge in [0.2, 0.25) is 0 Å². The summed E-state index contributed by atoms with van der Waals surface area (Å²) in [5, 5.41) is 10.5. The van der Waals surface area contributed by atoms with Gasteiger partial charge in [-0.1, -0.05) is 0 Å². The third-order valence-electron chi connectivity index (χ3n) is 3.13. The van der Waals surface area contributed by atoms with Gasteiger partial charge in [-0.2, -0.15) is 0 Å². The second kappa shape index (κ2) is 7.85. The number of morpholine rings is 1. The van der Waals surface area contributed by atoms with Gasteiger partial charge in [-0.25, -0.2) is 0 Å². The molecule has 0 atom stereocenters. The van der Waals surface area contributed by atoms with E-state index in [-0.39, 0.29) is 18.1 Å². The highest BCUT2D eigenvalue weighted by atomic mass is 35.5. The number of ether oxygens (including phenoxy) is 2. The summed E-state index contributed by atoms with van der Waals surface area (Å²) >= 11 is 0. The molecule has 0 amide bonds. The van der Waals surface area contributed by atoms with Gasteiger partial charge in [0.05, 0.1) is 11.5 Å². The molecule has 0 aliphatic carbocycles. The molecule has 2 rings (SSSR count). The molecular weight excluding hydrogens is 296 g/mol. The maximum atomic E-state index is 10.5. The van der Waals surface area contributed by atoms with Crippen LogP contribution in [0.25, 0.3) is 0 Å². The quantitative estimate of drug-likeness (QED) is 0.485. The molecule has 0 unspecified atom stereocenters. The number of non-ortho nitro benzene ring substituents is 1. The van der Waals surface area contributed by atoms with Crippen molar-refractivity contribution in [1.82, 2.24) is 4.90 Å². The third-order valence-corrected chi connectivity index (χ3v) is 3.13. The molecule has 6 nitrogen and oxygen atoms in total. The van der Waals surface area contributed by atoms with Crippen LogP contribution in [-0.4, -0.2) is 35.6 Å². The Kier molecular flexibility index (Phi) is 6.45. The molecule has 0 radical (unpaired) electrons. The molecule has 1 saturated heterocycles. The Bertz CT molecular complexity index is 502. The molecule has 0 spiro atoms. The van der Waals surface area contributed by atoms with Crippen LogP contribution in [0.4, 0.5) is 5.69 Å². The van der Waals surface area contributed by atoms with Crippen LogP contribution in [0.5, 0.6) is 5.75 Å². The molecule has 0 bridgehead atoms. The van der Waals surface area contributed by atoms with Crippen molar-refractivity contribution in [2.24, 2.45) is 0 Å². The SMILES string of the molecule is CC(C)N1CCOC(=COc2ccc([N+](=O)[O-])cc2)C1.Cl. The Labute approximate surface area is 129 Å². The van der Waals surface area contributed by atoms with E-state index in [1.54, 1.807) is 18.4 Å². The number of hydrogen-bond donors (Lipinski definition) is 0. The summed E-state index contributed by atoms with van der Waals surface area (Å²) in [6, 6.07) is 6.42. The molecule has 1 fully saturated rings. The van der Waals surface area contributed by atoms with Gasteiger partial charge < -0.3 is 9.47 Å². The average molecular weight is 315 g/mol. The maximum Gasteiger partial charge on any atom is 0.269 e. The van der Waals surface area contributed by atoms with Gasteiger partial charge in [0.25, 0.3) is 5.69 Å². The molecule has 0 aromatic heterocycles. The van der Waals surface area contributed by atoms with E-state index in [4.69, 9.17) is 9.47 Å². The van der Waals surface area contributed by atoms with Gasteiger partial charge in [-0.15, -0.1) is 12.4 Å². The molecule has 0 N–H and O–H groups in total. The van der Waals surface area contributed by atoms with Gasteiger partial charge in [-0.05, 0) is 26.0 Å². The summed E-state index contributed by atoms with van der Waals surface area (Å²) in [6.07, 6.45) is 1.57. The van der Waals surface area contributed by atoms with Crippen molar-refractivity contribution in [2.75, 3.05) is 19.7 Å². The van der Waals surface area contributed by atoms with Crippen LogP contribution < -0.4 is 4.74 Å². The smallest absolute Gasteiger partial charge is 0.269 e. The lowest BCUT2D eigenvalue weighted by Crippen LogP contribution is -2.39. The van der Waals surface area contributed by atoms with Gasteiger partial charge in [0.1, 0.15) is 24.4 Å². The van der Waals surface area contributed by atoms with Crippen LogP contribution in [0.1, 0.15) is 13.8 Å². The monoisotopic (exact) mass is 314 g/mol. The Balaban J connectivity index is 0.00000220. The van der Waals surface area contributed by atoms with Crippen LogP contribution in [0.15, 0.2) is 36.3 Å². The summed E-state index contributed by atoms with van der Waals surface area (Å²) in [5.41, 5.74) is 0.0462. The molecule has 1 aliphatic heterocycles. The van der Waals surface area contributed by atoms with Crippen LogP contribution in [0.2, 0.25) is 0 Å². The second-order valence-corrected chi connectivity index (χ2v) is 4.87. The number of nitrogens with zero attached hydrogens (tertiary/aromatic N) is 2. The zero-order valence-electron chi connectivity index (χ0n) is 12.0. The van der Waals surface area contributed by atoms with Crippen molar-refractivity contribution in [3.05, 3.63) is 46.4 Å². The van der Waals surface area contributed by atoms with E-state index >= 15 is 0 Å². The predicted octanol–water partition coefficient (Wildman–Crippen LogP) is 2.98. The van der Waals surface area contributed by atoms with Gasteiger partial charge in [0.15, 0.2) is 0 Å². The lowest BCUT2D eigenvalue weighted by Gasteiger charge is -2.31. The molecule has 1 aromatic carbocycles. The normalized spacial score (nSPS) is 17.2. The first-order chi connectivity index (χ1) is 9.56. The third kappa shape index (κ3) is 4.91. The Morgan fingerprint density at radius 1 is 1.38 bits per heavy atom. The van der Waals surface area contributed by atoms with E-state index in [1.165, 1.54) is 12.1 Å². The van der Waals surface area contributed by atoms with Crippen molar-refractivity contribution < 1.29 is 14.4 Å². The van der Waals surface area contributed by atoms with E-state index < -0.39 is 4.92 Å². The Morgan fingerprint density at radius 3 is 2.62 bits per heavy atom. The second-order valence-electron chi connectivity index (χ2n) is 4.87. The highest BCUT2D eigenvalue weighted by Gasteiger charge is 2.17. The minimum atomic E-state index is -0.437. The first kappa shape index (κ1) is 17.3. The number of halogens is 1. The standard InChI is InChI=1S/C14H18N2O4.ClH/c1-11(2)15-7-8-19-14(9-15)10-20-13-5-3-12(4-6-13)16(17)18;/h3-6,10-11H,7-9H2,1-2H3;1H. The van der Waals surface area contributed by atoms with Crippen LogP contribution in [-0.2, 0) is 4.74 Å². The Morgan fingerprint density at radius 2 is 2.05 bits per heavy atom. The van der Waals surface area contributed by atoms with Crippen LogP contribution in [0.3, 0.4) is 0 Å². The van der Waals surface area contributed by atoms with Gasteiger partial charge in [-0.3, -0.25) is 15.0 Å². The fourth-order valence-electron chi connectivity index (χ4n) is 1.91. The number of nitro benzene ring substituents is 1. The van der Waals surface area contributed by atoms with E-state index in [1.807, 2.05) is 0 Å². The van der Waals surface area contributed by atoms with E-state index in [0.717, 1.165) is 12.3 Å². The summed E-state index contributed by atoms with van der Waals surface area (Å²) in [6.45, 7) is 6.55. The zero-order valence-corrected chi connectivity index (χ0v) is 12.8. The molecule has 1 heterocycles. The summed E-state index contributed by atoms with van der Waals surface area (Å²) < 4.78 is 11.0. The minimum absolute atomic E-state index is 0. The van der Waals surface area contributed by atoms with Crippen molar-refractivity contribution in [2.45, 2.75) is 19.9 Å². The molecule has 1 aromatic rings. The predicted molar refractivity (Wildman–Crippen MR) is 81.7 cm³/mol. The minimum Gasteiger partial charge on any atom is -0.492 e. The van der Waals surface area contributed by atoms with Gasteiger partial charge >= 0.3 is 0 Å². The molecule has 7 heteroatoms. The lowest BCUT2D eigenvalue weighted by molar-refractivity contribution is -0.384. The Hall–Kier alpha value is -1.79. The van der Waals surface area contributed by atoms with Gasteiger partial charge in [0, 0.05) is 24.7 Å².